The van der Waals surface area contributed by atoms with Gasteiger partial charge >= 0.3 is 0 Å². The van der Waals surface area contributed by atoms with Gasteiger partial charge in [0.15, 0.2) is 0 Å². The predicted octanol–water partition coefficient (Wildman–Crippen LogP) is 2.24. The normalized spacial score (nSPS) is 11.5. The molecule has 0 radical (unpaired) electrons. The van der Waals surface area contributed by atoms with Crippen LogP contribution in [0.25, 0.3) is 0 Å². The number of anilines is 1. The van der Waals surface area contributed by atoms with Crippen molar-refractivity contribution in [2.45, 2.75) is 25.7 Å². The van der Waals surface area contributed by atoms with Gasteiger partial charge in [-0.05, 0) is 32.9 Å². The summed E-state index contributed by atoms with van der Waals surface area (Å²) >= 11 is 0. The maximum absolute atomic E-state index is 12.7. The number of benzene rings is 1. The highest BCUT2D eigenvalue weighted by molar-refractivity contribution is 7.93. The third kappa shape index (κ3) is 2.35. The van der Waals surface area contributed by atoms with Crippen molar-refractivity contribution in [1.29, 1.82) is 0 Å². The Morgan fingerprint density at radius 1 is 1.21 bits per heavy atom. The third-order valence-corrected chi connectivity index (χ3v) is 5.11. The summed E-state index contributed by atoms with van der Waals surface area (Å²) in [5.41, 5.74) is 1.71. The van der Waals surface area contributed by atoms with Crippen molar-refractivity contribution in [2.24, 2.45) is 0 Å². The molecular weight excluding hydrogens is 262 g/mol. The van der Waals surface area contributed by atoms with Gasteiger partial charge in [-0.1, -0.05) is 18.2 Å². The van der Waals surface area contributed by atoms with Crippen molar-refractivity contribution in [3.63, 3.8) is 0 Å². The van der Waals surface area contributed by atoms with Crippen LogP contribution in [0.5, 0.6) is 0 Å². The van der Waals surface area contributed by atoms with E-state index in [1.165, 1.54) is 4.31 Å². The predicted molar refractivity (Wildman–Crippen MR) is 74.7 cm³/mol. The summed E-state index contributed by atoms with van der Waals surface area (Å²) in [6, 6.07) is 9.07. The monoisotopic (exact) mass is 279 g/mol. The van der Waals surface area contributed by atoms with E-state index in [0.717, 1.165) is 0 Å². The lowest BCUT2D eigenvalue weighted by atomic mass is 10.3. The van der Waals surface area contributed by atoms with E-state index in [1.807, 2.05) is 25.1 Å². The molecule has 0 saturated carbocycles. The first-order chi connectivity index (χ1) is 8.98. The third-order valence-electron chi connectivity index (χ3n) is 2.94. The van der Waals surface area contributed by atoms with E-state index < -0.39 is 10.0 Å². The molecule has 0 aliphatic rings. The van der Waals surface area contributed by atoms with E-state index in [4.69, 9.17) is 0 Å². The number of aromatic nitrogens is 2. The Morgan fingerprint density at radius 2 is 1.84 bits per heavy atom. The second-order valence-corrected chi connectivity index (χ2v) is 6.07. The topological polar surface area (TPSA) is 66.1 Å². The number of aromatic amines is 1. The SMILES string of the molecule is CCN(c1ccccc1)S(=O)(=O)c1c(C)n[nH]c1C. The lowest BCUT2D eigenvalue weighted by Crippen LogP contribution is -2.31. The fraction of sp³-hybridized carbons (Fsp3) is 0.308. The Labute approximate surface area is 113 Å². The van der Waals surface area contributed by atoms with E-state index in [-0.39, 0.29) is 4.90 Å². The van der Waals surface area contributed by atoms with Gasteiger partial charge in [-0.25, -0.2) is 8.42 Å². The number of hydrogen-bond donors (Lipinski definition) is 1. The van der Waals surface area contributed by atoms with Crippen LogP contribution in [0.4, 0.5) is 5.69 Å². The summed E-state index contributed by atoms with van der Waals surface area (Å²) < 4.78 is 26.9. The maximum Gasteiger partial charge on any atom is 0.267 e. The molecule has 2 aromatic rings. The quantitative estimate of drug-likeness (QED) is 0.933. The lowest BCUT2D eigenvalue weighted by molar-refractivity contribution is 0.590. The highest BCUT2D eigenvalue weighted by atomic mass is 32.2. The van der Waals surface area contributed by atoms with Crippen molar-refractivity contribution in [1.82, 2.24) is 10.2 Å². The van der Waals surface area contributed by atoms with Crippen molar-refractivity contribution < 1.29 is 8.42 Å². The highest BCUT2D eigenvalue weighted by Crippen LogP contribution is 2.26. The minimum atomic E-state index is -3.58. The van der Waals surface area contributed by atoms with Gasteiger partial charge in [-0.15, -0.1) is 0 Å². The Balaban J connectivity index is 2.55. The number of rotatable bonds is 4. The van der Waals surface area contributed by atoms with Gasteiger partial charge in [0.25, 0.3) is 10.0 Å². The van der Waals surface area contributed by atoms with Gasteiger partial charge in [-0.3, -0.25) is 9.40 Å². The largest absolute Gasteiger partial charge is 0.281 e. The molecule has 5 nitrogen and oxygen atoms in total. The molecule has 1 N–H and O–H groups in total. The molecule has 1 heterocycles. The second kappa shape index (κ2) is 5.05. The first-order valence-corrected chi connectivity index (χ1v) is 7.51. The molecular formula is C13H17N3O2S. The minimum absolute atomic E-state index is 0.262. The van der Waals surface area contributed by atoms with E-state index in [2.05, 4.69) is 10.2 Å². The molecule has 2 rings (SSSR count). The summed E-state index contributed by atoms with van der Waals surface area (Å²) in [5, 5.41) is 6.68. The zero-order valence-corrected chi connectivity index (χ0v) is 12.0. The minimum Gasteiger partial charge on any atom is -0.281 e. The molecule has 19 heavy (non-hydrogen) atoms. The smallest absolute Gasteiger partial charge is 0.267 e. The molecule has 0 saturated heterocycles. The van der Waals surface area contributed by atoms with E-state index in [1.54, 1.807) is 26.0 Å². The van der Waals surface area contributed by atoms with Crippen LogP contribution in [-0.4, -0.2) is 25.2 Å². The van der Waals surface area contributed by atoms with Crippen molar-refractivity contribution in [3.05, 3.63) is 41.7 Å². The van der Waals surface area contributed by atoms with Crippen LogP contribution in [0.1, 0.15) is 18.3 Å². The van der Waals surface area contributed by atoms with Crippen LogP contribution < -0.4 is 4.31 Å². The Bertz CT molecular complexity index is 643. The van der Waals surface area contributed by atoms with Gasteiger partial charge in [0, 0.05) is 6.54 Å². The number of para-hydroxylation sites is 1. The molecule has 0 aliphatic carbocycles. The molecule has 0 atom stereocenters. The fourth-order valence-corrected chi connectivity index (χ4v) is 3.93. The number of aryl methyl sites for hydroxylation is 2. The van der Waals surface area contributed by atoms with E-state index in [0.29, 0.717) is 23.6 Å². The Morgan fingerprint density at radius 3 is 2.32 bits per heavy atom. The summed E-state index contributed by atoms with van der Waals surface area (Å²) in [6.07, 6.45) is 0. The average molecular weight is 279 g/mol. The molecule has 6 heteroatoms. The zero-order valence-electron chi connectivity index (χ0n) is 11.2. The molecule has 0 bridgehead atoms. The first-order valence-electron chi connectivity index (χ1n) is 6.07. The number of nitrogens with zero attached hydrogens (tertiary/aromatic N) is 2. The van der Waals surface area contributed by atoms with Crippen molar-refractivity contribution in [2.75, 3.05) is 10.8 Å². The standard InChI is InChI=1S/C13H17N3O2S/c1-4-16(12-8-6-5-7-9-12)19(17,18)13-10(2)14-15-11(13)3/h5-9H,4H2,1-3H3,(H,14,15). The summed E-state index contributed by atoms with van der Waals surface area (Å²) in [6.45, 7) is 5.59. The van der Waals surface area contributed by atoms with Crippen LogP contribution in [0, 0.1) is 13.8 Å². The summed E-state index contributed by atoms with van der Waals surface area (Å²) in [7, 11) is -3.58. The molecule has 0 spiro atoms. The maximum atomic E-state index is 12.7. The van der Waals surface area contributed by atoms with Gasteiger partial charge in [0.05, 0.1) is 17.1 Å². The Hall–Kier alpha value is -1.82. The first kappa shape index (κ1) is 13.6. The van der Waals surface area contributed by atoms with Gasteiger partial charge in [0.2, 0.25) is 0 Å². The molecule has 1 aromatic carbocycles. The van der Waals surface area contributed by atoms with Crippen LogP contribution >= 0.6 is 0 Å². The van der Waals surface area contributed by atoms with Gasteiger partial charge < -0.3 is 0 Å². The van der Waals surface area contributed by atoms with E-state index >= 15 is 0 Å². The molecule has 0 unspecified atom stereocenters. The van der Waals surface area contributed by atoms with Crippen LogP contribution in [0.3, 0.4) is 0 Å². The number of nitrogens with one attached hydrogen (secondary N) is 1. The van der Waals surface area contributed by atoms with Crippen LogP contribution in [-0.2, 0) is 10.0 Å². The number of H-pyrrole nitrogens is 1. The Kier molecular flexibility index (Phi) is 3.61. The number of sulfonamides is 1. The summed E-state index contributed by atoms with van der Waals surface area (Å²) in [4.78, 5) is 0.262. The summed E-state index contributed by atoms with van der Waals surface area (Å²) in [5.74, 6) is 0. The average Bonchev–Trinajstić information content (AvgIpc) is 2.71. The van der Waals surface area contributed by atoms with Crippen LogP contribution in [0.2, 0.25) is 0 Å². The molecule has 0 fully saturated rings. The molecule has 1 aromatic heterocycles. The van der Waals surface area contributed by atoms with Crippen LogP contribution in [0.15, 0.2) is 35.2 Å². The van der Waals surface area contributed by atoms with E-state index in [9.17, 15) is 8.42 Å². The zero-order chi connectivity index (χ0) is 14.0. The second-order valence-electron chi connectivity index (χ2n) is 4.27. The lowest BCUT2D eigenvalue weighted by Gasteiger charge is -2.22. The highest BCUT2D eigenvalue weighted by Gasteiger charge is 2.28. The fourth-order valence-electron chi connectivity index (χ4n) is 2.12. The molecule has 0 amide bonds. The van der Waals surface area contributed by atoms with Crippen molar-refractivity contribution >= 4 is 15.7 Å². The number of hydrogen-bond acceptors (Lipinski definition) is 3. The van der Waals surface area contributed by atoms with Gasteiger partial charge in [0.1, 0.15) is 4.90 Å². The molecule has 0 aliphatic heterocycles. The molecule has 102 valence electrons. The van der Waals surface area contributed by atoms with Gasteiger partial charge in [-0.2, -0.15) is 5.10 Å². The van der Waals surface area contributed by atoms with Crippen molar-refractivity contribution in [3.8, 4) is 0 Å².